The minimum atomic E-state index is -0.484. The van der Waals surface area contributed by atoms with Gasteiger partial charge in [-0.2, -0.15) is 0 Å². The van der Waals surface area contributed by atoms with E-state index in [1.54, 1.807) is 13.0 Å². The molecule has 0 aliphatic carbocycles. The lowest BCUT2D eigenvalue weighted by Gasteiger charge is -2.22. The van der Waals surface area contributed by atoms with Crippen LogP contribution in [0.4, 0.5) is 4.39 Å². The first kappa shape index (κ1) is 15.9. The van der Waals surface area contributed by atoms with Crippen LogP contribution < -0.4 is 5.32 Å². The Balaban J connectivity index is 2.66. The second kappa shape index (κ2) is 6.35. The van der Waals surface area contributed by atoms with E-state index in [1.165, 1.54) is 6.07 Å². The van der Waals surface area contributed by atoms with Gasteiger partial charge in [0.1, 0.15) is 5.82 Å². The van der Waals surface area contributed by atoms with E-state index in [0.29, 0.717) is 17.7 Å². The van der Waals surface area contributed by atoms with E-state index >= 15 is 0 Å². The van der Waals surface area contributed by atoms with E-state index in [9.17, 15) is 9.18 Å². The molecule has 3 nitrogen and oxygen atoms in total. The molecular weight excluding hydrogens is 269 g/mol. The smallest absolute Gasteiger partial charge is 0.224 e. The van der Waals surface area contributed by atoms with Gasteiger partial charge in [0.05, 0.1) is 11.4 Å². The van der Waals surface area contributed by atoms with Crippen molar-refractivity contribution in [1.29, 1.82) is 0 Å². The van der Waals surface area contributed by atoms with Gasteiger partial charge in [-0.25, -0.2) is 4.39 Å². The largest absolute Gasteiger partial charge is 0.396 e. The quantitative estimate of drug-likeness (QED) is 0.874. The van der Waals surface area contributed by atoms with Crippen LogP contribution in [0.25, 0.3) is 0 Å². The molecule has 0 unspecified atom stereocenters. The van der Waals surface area contributed by atoms with Crippen LogP contribution in [0.15, 0.2) is 12.1 Å². The lowest BCUT2D eigenvalue weighted by atomic mass is 9.95. The van der Waals surface area contributed by atoms with Crippen LogP contribution in [0.5, 0.6) is 0 Å². The second-order valence-electron chi connectivity index (χ2n) is 5.42. The molecule has 0 saturated heterocycles. The minimum absolute atomic E-state index is 0.0120. The summed E-state index contributed by atoms with van der Waals surface area (Å²) in [6.07, 6.45) is 0.0986. The Kier molecular flexibility index (Phi) is 5.32. The van der Waals surface area contributed by atoms with Crippen molar-refractivity contribution < 1.29 is 14.3 Å². The fourth-order valence-corrected chi connectivity index (χ4v) is 1.72. The number of aliphatic hydroxyl groups is 1. The summed E-state index contributed by atoms with van der Waals surface area (Å²) >= 11 is 5.66. The molecule has 1 aromatic carbocycles. The normalized spacial score (nSPS) is 11.5. The summed E-state index contributed by atoms with van der Waals surface area (Å²) in [6, 6.07) is 3.10. The SMILES string of the molecule is Cc1c(CC(=O)NCC(C)(C)CO)ccc(Cl)c1F. The van der Waals surface area contributed by atoms with Crippen molar-refractivity contribution in [2.45, 2.75) is 27.2 Å². The van der Waals surface area contributed by atoms with Crippen LogP contribution in [-0.4, -0.2) is 24.2 Å². The van der Waals surface area contributed by atoms with Crippen molar-refractivity contribution in [3.63, 3.8) is 0 Å². The molecule has 2 N–H and O–H groups in total. The summed E-state index contributed by atoms with van der Waals surface area (Å²) < 4.78 is 13.6. The van der Waals surface area contributed by atoms with Crippen LogP contribution >= 0.6 is 11.6 Å². The maximum Gasteiger partial charge on any atom is 0.224 e. The zero-order chi connectivity index (χ0) is 14.6. The van der Waals surface area contributed by atoms with Crippen molar-refractivity contribution >= 4 is 17.5 Å². The average molecular weight is 288 g/mol. The number of nitrogens with one attached hydrogen (secondary N) is 1. The molecule has 0 saturated carbocycles. The first-order chi connectivity index (χ1) is 8.76. The molecule has 0 atom stereocenters. The second-order valence-corrected chi connectivity index (χ2v) is 5.83. The predicted molar refractivity (Wildman–Crippen MR) is 73.7 cm³/mol. The van der Waals surface area contributed by atoms with Gasteiger partial charge in [-0.1, -0.05) is 31.5 Å². The molecule has 0 heterocycles. The highest BCUT2D eigenvalue weighted by atomic mass is 35.5. The van der Waals surface area contributed by atoms with Crippen molar-refractivity contribution in [2.24, 2.45) is 5.41 Å². The van der Waals surface area contributed by atoms with Gasteiger partial charge in [-0.15, -0.1) is 0 Å². The molecule has 1 aromatic rings. The van der Waals surface area contributed by atoms with Gasteiger partial charge in [0.2, 0.25) is 5.91 Å². The molecule has 0 aliphatic rings. The highest BCUT2D eigenvalue weighted by molar-refractivity contribution is 6.30. The summed E-state index contributed by atoms with van der Waals surface area (Å²) in [5.74, 6) is -0.686. The number of hydrogen-bond acceptors (Lipinski definition) is 2. The number of benzene rings is 1. The molecule has 0 fully saturated rings. The third kappa shape index (κ3) is 4.48. The Hall–Kier alpha value is -1.13. The topological polar surface area (TPSA) is 49.3 Å². The van der Waals surface area contributed by atoms with Crippen LogP contribution in [0.1, 0.15) is 25.0 Å². The predicted octanol–water partition coefficient (Wildman–Crippen LogP) is 2.46. The fourth-order valence-electron chi connectivity index (χ4n) is 1.51. The number of amides is 1. The highest BCUT2D eigenvalue weighted by Gasteiger charge is 2.18. The van der Waals surface area contributed by atoms with Gasteiger partial charge >= 0.3 is 0 Å². The monoisotopic (exact) mass is 287 g/mol. The standard InChI is InChI=1S/C14H19ClFNO2/c1-9-10(4-5-11(15)13(9)16)6-12(19)17-7-14(2,3)8-18/h4-5,18H,6-8H2,1-3H3,(H,17,19). The molecule has 5 heteroatoms. The van der Waals surface area contributed by atoms with Gasteiger partial charge in [-0.3, -0.25) is 4.79 Å². The van der Waals surface area contributed by atoms with E-state index < -0.39 is 5.82 Å². The molecule has 0 bridgehead atoms. The number of carbonyl (C=O) groups is 1. The highest BCUT2D eigenvalue weighted by Crippen LogP contribution is 2.21. The van der Waals surface area contributed by atoms with Gasteiger partial charge in [0.15, 0.2) is 0 Å². The van der Waals surface area contributed by atoms with Crippen molar-refractivity contribution in [1.82, 2.24) is 5.32 Å². The molecule has 19 heavy (non-hydrogen) atoms. The summed E-state index contributed by atoms with van der Waals surface area (Å²) in [5, 5.41) is 11.9. The maximum absolute atomic E-state index is 13.6. The average Bonchev–Trinajstić information content (AvgIpc) is 2.37. The first-order valence-electron chi connectivity index (χ1n) is 6.08. The summed E-state index contributed by atoms with van der Waals surface area (Å²) in [5.41, 5.74) is 0.640. The lowest BCUT2D eigenvalue weighted by Crippen LogP contribution is -2.36. The number of carbonyl (C=O) groups excluding carboxylic acids is 1. The Morgan fingerprint density at radius 1 is 1.47 bits per heavy atom. The van der Waals surface area contributed by atoms with Crippen LogP contribution in [0.2, 0.25) is 5.02 Å². The van der Waals surface area contributed by atoms with Crippen molar-refractivity contribution in [3.8, 4) is 0 Å². The molecule has 106 valence electrons. The molecule has 0 radical (unpaired) electrons. The van der Waals surface area contributed by atoms with Gasteiger partial charge in [0, 0.05) is 18.6 Å². The Morgan fingerprint density at radius 3 is 2.68 bits per heavy atom. The van der Waals surface area contributed by atoms with Crippen molar-refractivity contribution in [2.75, 3.05) is 13.2 Å². The number of rotatable bonds is 5. The third-order valence-electron chi connectivity index (χ3n) is 2.99. The molecule has 0 aliphatic heterocycles. The van der Waals surface area contributed by atoms with Gasteiger partial charge in [-0.05, 0) is 24.1 Å². The first-order valence-corrected chi connectivity index (χ1v) is 6.45. The van der Waals surface area contributed by atoms with E-state index in [4.69, 9.17) is 16.7 Å². The molecule has 1 amide bonds. The van der Waals surface area contributed by atoms with Crippen molar-refractivity contribution in [3.05, 3.63) is 34.1 Å². The number of aliphatic hydroxyl groups excluding tert-OH is 1. The molecule has 0 aromatic heterocycles. The zero-order valence-corrected chi connectivity index (χ0v) is 12.1. The van der Waals surface area contributed by atoms with Crippen LogP contribution in [0.3, 0.4) is 0 Å². The number of hydrogen-bond donors (Lipinski definition) is 2. The summed E-state index contributed by atoms with van der Waals surface area (Å²) in [6.45, 7) is 5.65. The number of halogens is 2. The Bertz CT molecular complexity index is 475. The van der Waals surface area contributed by atoms with E-state index in [0.717, 1.165) is 0 Å². The molecular formula is C14H19ClFNO2. The minimum Gasteiger partial charge on any atom is -0.396 e. The van der Waals surface area contributed by atoms with Crippen LogP contribution in [0, 0.1) is 18.2 Å². The summed E-state index contributed by atoms with van der Waals surface area (Å²) in [7, 11) is 0. The zero-order valence-electron chi connectivity index (χ0n) is 11.4. The van der Waals surface area contributed by atoms with Gasteiger partial charge in [0.25, 0.3) is 0 Å². The summed E-state index contributed by atoms with van der Waals surface area (Å²) in [4.78, 5) is 11.8. The molecule has 0 spiro atoms. The maximum atomic E-state index is 13.6. The van der Waals surface area contributed by atoms with Crippen LogP contribution in [-0.2, 0) is 11.2 Å². The Morgan fingerprint density at radius 2 is 2.11 bits per heavy atom. The fraction of sp³-hybridized carbons (Fsp3) is 0.500. The van der Waals surface area contributed by atoms with Gasteiger partial charge < -0.3 is 10.4 Å². The van der Waals surface area contributed by atoms with E-state index in [-0.39, 0.29) is 29.4 Å². The lowest BCUT2D eigenvalue weighted by molar-refractivity contribution is -0.121. The van der Waals surface area contributed by atoms with E-state index in [1.807, 2.05) is 13.8 Å². The molecule has 1 rings (SSSR count). The Labute approximate surface area is 117 Å². The van der Waals surface area contributed by atoms with E-state index in [2.05, 4.69) is 5.32 Å². The third-order valence-corrected chi connectivity index (χ3v) is 3.29.